The number of piperidine rings is 1. The number of carbonyl (C=O) groups excluding carboxylic acids is 1. The molecule has 1 heterocycles. The van der Waals surface area contributed by atoms with Gasteiger partial charge in [-0.15, -0.1) is 0 Å². The van der Waals surface area contributed by atoms with Crippen LogP contribution in [0.2, 0.25) is 0 Å². The molecule has 128 valence electrons. The fourth-order valence-electron chi connectivity index (χ4n) is 3.72. The van der Waals surface area contributed by atoms with Gasteiger partial charge in [0.25, 0.3) is 0 Å². The van der Waals surface area contributed by atoms with Gasteiger partial charge in [-0.2, -0.15) is 11.8 Å². The largest absolute Gasteiger partial charge is 0.335 e. The molecule has 1 saturated heterocycles. The predicted molar refractivity (Wildman–Crippen MR) is 95.6 cm³/mol. The highest BCUT2D eigenvalue weighted by Gasteiger charge is 2.31. The number of nitrogens with one attached hydrogen (secondary N) is 1. The fraction of sp³-hybridized carbons (Fsp3) is 0.941. The first-order chi connectivity index (χ1) is 10.6. The standard InChI is InChI=1S/C17H33N3OS/c1-4-10-20-11-8-14(9-12-20)18-17(21)19(3)15-6-7-16(13-15)22-5-2/h14-16H,4-13H2,1-3H3,(H,18,21). The van der Waals surface area contributed by atoms with Crippen molar-refractivity contribution >= 4 is 17.8 Å². The van der Waals surface area contributed by atoms with E-state index in [4.69, 9.17) is 0 Å². The Kier molecular flexibility index (Phi) is 7.35. The summed E-state index contributed by atoms with van der Waals surface area (Å²) in [5.74, 6) is 1.18. The van der Waals surface area contributed by atoms with Gasteiger partial charge >= 0.3 is 6.03 Å². The molecule has 4 nitrogen and oxygen atoms in total. The van der Waals surface area contributed by atoms with Crippen LogP contribution in [0.25, 0.3) is 0 Å². The molecule has 22 heavy (non-hydrogen) atoms. The average molecular weight is 328 g/mol. The van der Waals surface area contributed by atoms with E-state index >= 15 is 0 Å². The van der Waals surface area contributed by atoms with Crippen molar-refractivity contribution in [1.29, 1.82) is 0 Å². The van der Waals surface area contributed by atoms with Crippen LogP contribution in [0.3, 0.4) is 0 Å². The van der Waals surface area contributed by atoms with Crippen LogP contribution < -0.4 is 5.32 Å². The maximum absolute atomic E-state index is 12.5. The molecule has 0 aromatic rings. The third-order valence-corrected chi connectivity index (χ3v) is 6.32. The summed E-state index contributed by atoms with van der Waals surface area (Å²) in [6, 6.07) is 0.940. The van der Waals surface area contributed by atoms with Crippen LogP contribution in [0.5, 0.6) is 0 Å². The zero-order valence-corrected chi connectivity index (χ0v) is 15.3. The average Bonchev–Trinajstić information content (AvgIpc) is 2.98. The van der Waals surface area contributed by atoms with Gasteiger partial charge in [-0.25, -0.2) is 4.79 Å². The van der Waals surface area contributed by atoms with E-state index in [9.17, 15) is 4.79 Å². The minimum Gasteiger partial charge on any atom is -0.335 e. The van der Waals surface area contributed by atoms with Crippen LogP contribution in [-0.4, -0.2) is 65.6 Å². The fourth-order valence-corrected chi connectivity index (χ4v) is 4.85. The topological polar surface area (TPSA) is 35.6 Å². The molecule has 2 amide bonds. The lowest BCUT2D eigenvalue weighted by molar-refractivity contribution is 0.168. The van der Waals surface area contributed by atoms with Crippen LogP contribution in [0.4, 0.5) is 4.79 Å². The summed E-state index contributed by atoms with van der Waals surface area (Å²) in [7, 11) is 1.98. The van der Waals surface area contributed by atoms with E-state index in [-0.39, 0.29) is 6.03 Å². The van der Waals surface area contributed by atoms with E-state index in [2.05, 4.69) is 24.1 Å². The molecule has 2 rings (SSSR count). The number of rotatable bonds is 6. The highest BCUT2D eigenvalue weighted by Crippen LogP contribution is 2.32. The summed E-state index contributed by atoms with van der Waals surface area (Å²) >= 11 is 2.05. The van der Waals surface area contributed by atoms with Gasteiger partial charge in [0, 0.05) is 37.5 Å². The Morgan fingerprint density at radius 2 is 1.95 bits per heavy atom. The molecular weight excluding hydrogens is 294 g/mol. The van der Waals surface area contributed by atoms with Crippen LogP contribution in [0, 0.1) is 0 Å². The van der Waals surface area contributed by atoms with Crippen molar-refractivity contribution in [3.8, 4) is 0 Å². The second-order valence-electron chi connectivity index (χ2n) is 6.72. The molecule has 1 aliphatic carbocycles. The molecule has 2 fully saturated rings. The minimum absolute atomic E-state index is 0.140. The molecule has 0 bridgehead atoms. The number of thioether (sulfide) groups is 1. The number of nitrogens with zero attached hydrogens (tertiary/aromatic N) is 2. The molecule has 0 radical (unpaired) electrons. The summed E-state index contributed by atoms with van der Waals surface area (Å²) in [5, 5.41) is 4.01. The monoisotopic (exact) mass is 327 g/mol. The van der Waals surface area contributed by atoms with Crippen molar-refractivity contribution in [1.82, 2.24) is 15.1 Å². The van der Waals surface area contributed by atoms with Gasteiger partial charge < -0.3 is 15.1 Å². The lowest BCUT2D eigenvalue weighted by Gasteiger charge is -2.34. The Balaban J connectivity index is 1.71. The zero-order chi connectivity index (χ0) is 15.9. The SMILES string of the molecule is CCCN1CCC(NC(=O)N(C)C2CCC(SCC)C2)CC1. The first-order valence-corrected chi connectivity index (χ1v) is 10.1. The Bertz CT molecular complexity index is 345. The van der Waals surface area contributed by atoms with E-state index in [1.807, 2.05) is 23.7 Å². The normalized spacial score (nSPS) is 27.0. The first-order valence-electron chi connectivity index (χ1n) is 9.01. The zero-order valence-electron chi connectivity index (χ0n) is 14.5. The van der Waals surface area contributed by atoms with Crippen LogP contribution in [0.1, 0.15) is 52.4 Å². The van der Waals surface area contributed by atoms with Gasteiger partial charge in [-0.05, 0) is 50.8 Å². The number of hydrogen-bond donors (Lipinski definition) is 1. The van der Waals surface area contributed by atoms with Crippen molar-refractivity contribution in [3.05, 3.63) is 0 Å². The number of amides is 2. The van der Waals surface area contributed by atoms with Gasteiger partial charge in [-0.3, -0.25) is 0 Å². The minimum atomic E-state index is 0.140. The predicted octanol–water partition coefficient (Wildman–Crippen LogP) is 3.18. The number of carbonyl (C=O) groups is 1. The van der Waals surface area contributed by atoms with Crippen LogP contribution in [0.15, 0.2) is 0 Å². The maximum Gasteiger partial charge on any atom is 0.317 e. The molecule has 2 aliphatic rings. The molecule has 1 aliphatic heterocycles. The lowest BCUT2D eigenvalue weighted by Crippen LogP contribution is -2.50. The Morgan fingerprint density at radius 1 is 1.23 bits per heavy atom. The van der Waals surface area contributed by atoms with Crippen molar-refractivity contribution in [3.63, 3.8) is 0 Å². The van der Waals surface area contributed by atoms with Crippen molar-refractivity contribution in [2.24, 2.45) is 0 Å². The summed E-state index contributed by atoms with van der Waals surface area (Å²) < 4.78 is 0. The van der Waals surface area contributed by atoms with Gasteiger partial charge in [0.1, 0.15) is 0 Å². The molecule has 5 heteroatoms. The molecule has 0 aromatic heterocycles. The van der Waals surface area contributed by atoms with E-state index in [1.54, 1.807) is 0 Å². The van der Waals surface area contributed by atoms with Gasteiger partial charge in [0.05, 0.1) is 0 Å². The van der Waals surface area contributed by atoms with E-state index in [1.165, 1.54) is 25.1 Å². The lowest BCUT2D eigenvalue weighted by atomic mass is 10.1. The van der Waals surface area contributed by atoms with Crippen molar-refractivity contribution < 1.29 is 4.79 Å². The molecule has 2 unspecified atom stereocenters. The quantitative estimate of drug-likeness (QED) is 0.814. The molecule has 1 N–H and O–H groups in total. The second-order valence-corrected chi connectivity index (χ2v) is 8.30. The number of likely N-dealkylation sites (tertiary alicyclic amines) is 1. The van der Waals surface area contributed by atoms with E-state index in [0.29, 0.717) is 12.1 Å². The first kappa shape index (κ1) is 17.9. The highest BCUT2D eigenvalue weighted by atomic mass is 32.2. The summed E-state index contributed by atoms with van der Waals surface area (Å²) in [5.41, 5.74) is 0. The smallest absolute Gasteiger partial charge is 0.317 e. The molecular formula is C17H33N3OS. The Morgan fingerprint density at radius 3 is 2.59 bits per heavy atom. The van der Waals surface area contributed by atoms with Crippen molar-refractivity contribution in [2.45, 2.75) is 69.7 Å². The second kappa shape index (κ2) is 9.02. The molecule has 0 spiro atoms. The Hall–Kier alpha value is -0.420. The molecule has 2 atom stereocenters. The van der Waals surface area contributed by atoms with Gasteiger partial charge in [0.15, 0.2) is 0 Å². The van der Waals surface area contributed by atoms with E-state index < -0.39 is 0 Å². The Labute approximate surface area is 140 Å². The molecule has 0 aromatic carbocycles. The summed E-state index contributed by atoms with van der Waals surface area (Å²) in [6.07, 6.45) is 7.00. The van der Waals surface area contributed by atoms with Gasteiger partial charge in [0.2, 0.25) is 0 Å². The van der Waals surface area contributed by atoms with Crippen molar-refractivity contribution in [2.75, 3.05) is 32.4 Å². The van der Waals surface area contributed by atoms with Crippen LogP contribution >= 0.6 is 11.8 Å². The third kappa shape index (κ3) is 5.05. The van der Waals surface area contributed by atoms with E-state index in [0.717, 1.165) is 44.0 Å². The highest BCUT2D eigenvalue weighted by molar-refractivity contribution is 7.99. The van der Waals surface area contributed by atoms with Crippen LogP contribution in [-0.2, 0) is 0 Å². The number of urea groups is 1. The van der Waals surface area contributed by atoms with Gasteiger partial charge in [-0.1, -0.05) is 13.8 Å². The summed E-state index contributed by atoms with van der Waals surface area (Å²) in [6.45, 7) is 7.90. The molecule has 1 saturated carbocycles. The third-order valence-electron chi connectivity index (χ3n) is 5.08. The summed E-state index contributed by atoms with van der Waals surface area (Å²) in [4.78, 5) is 16.9. The number of hydrogen-bond acceptors (Lipinski definition) is 3. The maximum atomic E-state index is 12.5.